The minimum absolute atomic E-state index is 0.0225. The Morgan fingerprint density at radius 3 is 1.95 bits per heavy atom. The number of hydrogen-bond acceptors (Lipinski definition) is 11. The first-order valence-corrected chi connectivity index (χ1v) is 14.5. The molecule has 0 heterocycles. The average molecular weight is 603 g/mol. The Hall–Kier alpha value is -3.26. The molecule has 0 radical (unpaired) electrons. The second-order valence-corrected chi connectivity index (χ2v) is 14.0. The van der Waals surface area contributed by atoms with E-state index in [9.17, 15) is 32.9 Å². The van der Waals surface area contributed by atoms with Crippen molar-refractivity contribution in [3.63, 3.8) is 0 Å². The third-order valence-corrected chi connectivity index (χ3v) is 6.20. The second kappa shape index (κ2) is 14.1. The average Bonchev–Trinajstić information content (AvgIpc) is 2.76. The molecule has 1 amide bonds. The van der Waals surface area contributed by atoms with Crippen molar-refractivity contribution in [3.8, 4) is 0 Å². The maximum absolute atomic E-state index is 13.1. The zero-order valence-corrected chi connectivity index (χ0v) is 26.0. The molecule has 0 bridgehead atoms. The van der Waals surface area contributed by atoms with E-state index >= 15 is 0 Å². The van der Waals surface area contributed by atoms with Gasteiger partial charge in [0.15, 0.2) is 0 Å². The van der Waals surface area contributed by atoms with Gasteiger partial charge in [0.05, 0.1) is 17.4 Å². The van der Waals surface area contributed by atoms with Crippen molar-refractivity contribution in [2.75, 3.05) is 6.61 Å². The smallest absolute Gasteiger partial charge is 0.408 e. The number of nitrogens with one attached hydrogen (secondary N) is 1. The van der Waals surface area contributed by atoms with E-state index < -0.39 is 67.5 Å². The number of rotatable bonds is 12. The van der Waals surface area contributed by atoms with Crippen LogP contribution in [0.3, 0.4) is 0 Å². The Balaban J connectivity index is 3.11. The molecule has 0 fully saturated rings. The first-order valence-electron chi connectivity index (χ1n) is 13.1. The van der Waals surface area contributed by atoms with Gasteiger partial charge in [-0.25, -0.2) is 9.59 Å². The highest BCUT2D eigenvalue weighted by Gasteiger charge is 2.35. The third kappa shape index (κ3) is 14.3. The Labute approximate surface area is 241 Å². The highest BCUT2D eigenvalue weighted by molar-refractivity contribution is 7.86. The van der Waals surface area contributed by atoms with E-state index in [2.05, 4.69) is 5.32 Å². The molecule has 1 N–H and O–H groups in total. The number of ether oxygens (including phenoxy) is 3. The van der Waals surface area contributed by atoms with Gasteiger partial charge < -0.3 is 19.5 Å². The van der Waals surface area contributed by atoms with Gasteiger partial charge in [0.25, 0.3) is 15.8 Å². The van der Waals surface area contributed by atoms with E-state index in [1.54, 1.807) is 62.3 Å². The first kappa shape index (κ1) is 35.8. The number of non-ortho nitro benzene ring substituents is 1. The fourth-order valence-electron chi connectivity index (χ4n) is 3.36. The Bertz CT molecular complexity index is 1190. The van der Waals surface area contributed by atoms with Crippen LogP contribution in [-0.4, -0.2) is 60.8 Å². The molecule has 0 unspecified atom stereocenters. The number of amides is 1. The standard InChI is InChI=1S/C27H42N2O11S/c1-25(2,3)38-22(30)18(12-11-15-37-41(35,36)20-14-10-13-19(17-20)29(33)34)16-21(23(31)39-26(4,5)6)28-24(32)40-27(7,8)9/h10,13-14,17-18,21H,11-12,15-16H2,1-9H3,(H,28,32)/t18-,21-/m0/s1. The summed E-state index contributed by atoms with van der Waals surface area (Å²) in [6.45, 7) is 14.6. The van der Waals surface area contributed by atoms with Gasteiger partial charge >= 0.3 is 18.0 Å². The molecule has 1 aromatic carbocycles. The summed E-state index contributed by atoms with van der Waals surface area (Å²) in [5.74, 6) is -2.43. The van der Waals surface area contributed by atoms with Crippen molar-refractivity contribution in [2.24, 2.45) is 5.92 Å². The molecule has 0 aliphatic rings. The number of alkyl carbamates (subject to hydrolysis) is 1. The fraction of sp³-hybridized carbons (Fsp3) is 0.667. The van der Waals surface area contributed by atoms with Crippen LogP contribution in [0.25, 0.3) is 0 Å². The van der Waals surface area contributed by atoms with Gasteiger partial charge in [0, 0.05) is 12.1 Å². The number of benzene rings is 1. The molecule has 0 saturated carbocycles. The molecule has 232 valence electrons. The van der Waals surface area contributed by atoms with Crippen LogP contribution in [-0.2, 0) is 38.1 Å². The molecule has 0 aliphatic heterocycles. The number of nitrogens with zero attached hydrogens (tertiary/aromatic N) is 1. The van der Waals surface area contributed by atoms with Crippen LogP contribution in [0.15, 0.2) is 29.2 Å². The van der Waals surface area contributed by atoms with Gasteiger partial charge in [-0.05, 0) is 87.6 Å². The van der Waals surface area contributed by atoms with Gasteiger partial charge in [-0.3, -0.25) is 19.1 Å². The van der Waals surface area contributed by atoms with Crippen LogP contribution in [0.1, 0.15) is 81.6 Å². The Morgan fingerprint density at radius 1 is 0.902 bits per heavy atom. The van der Waals surface area contributed by atoms with Gasteiger partial charge in [-0.2, -0.15) is 8.42 Å². The van der Waals surface area contributed by atoms with E-state index in [0.717, 1.165) is 12.1 Å². The molecule has 0 saturated heterocycles. The minimum Gasteiger partial charge on any atom is -0.460 e. The van der Waals surface area contributed by atoms with Gasteiger partial charge in [0.2, 0.25) is 0 Å². The van der Waals surface area contributed by atoms with Crippen LogP contribution in [0.4, 0.5) is 10.5 Å². The molecule has 1 rings (SSSR count). The second-order valence-electron chi connectivity index (χ2n) is 12.4. The zero-order chi connectivity index (χ0) is 31.8. The quantitative estimate of drug-likeness (QED) is 0.0878. The molecule has 14 heteroatoms. The Morgan fingerprint density at radius 2 is 1.44 bits per heavy atom. The molecule has 0 aromatic heterocycles. The SMILES string of the molecule is CC(C)(C)OC(=O)N[C@@H](C[C@H](CCCOS(=O)(=O)c1cccc([N+](=O)[O-])c1)C(=O)OC(C)(C)C)C(=O)OC(C)(C)C. The largest absolute Gasteiger partial charge is 0.460 e. The summed E-state index contributed by atoms with van der Waals surface area (Å²) >= 11 is 0. The van der Waals surface area contributed by atoms with E-state index in [0.29, 0.717) is 0 Å². The van der Waals surface area contributed by atoms with Crippen LogP contribution in [0.2, 0.25) is 0 Å². The minimum atomic E-state index is -4.32. The number of carbonyl (C=O) groups excluding carboxylic acids is 3. The topological polar surface area (TPSA) is 177 Å². The maximum Gasteiger partial charge on any atom is 0.408 e. The number of nitro benzene ring substituents is 1. The fourth-order valence-corrected chi connectivity index (χ4v) is 4.34. The highest BCUT2D eigenvalue weighted by atomic mass is 32.2. The zero-order valence-electron chi connectivity index (χ0n) is 25.1. The summed E-state index contributed by atoms with van der Waals surface area (Å²) in [6, 6.07) is 3.14. The monoisotopic (exact) mass is 602 g/mol. The van der Waals surface area contributed by atoms with Crippen LogP contribution >= 0.6 is 0 Å². The van der Waals surface area contributed by atoms with Crippen molar-refractivity contribution in [1.29, 1.82) is 0 Å². The van der Waals surface area contributed by atoms with Crippen molar-refractivity contribution in [2.45, 2.75) is 109 Å². The van der Waals surface area contributed by atoms with Crippen LogP contribution in [0.5, 0.6) is 0 Å². The maximum atomic E-state index is 13.1. The van der Waals surface area contributed by atoms with Crippen LogP contribution < -0.4 is 5.32 Å². The number of carbonyl (C=O) groups is 3. The van der Waals surface area contributed by atoms with Gasteiger partial charge in [-0.1, -0.05) is 6.07 Å². The summed E-state index contributed by atoms with van der Waals surface area (Å²) in [5, 5.41) is 13.5. The summed E-state index contributed by atoms with van der Waals surface area (Å²) in [6.07, 6.45) is -1.05. The molecular formula is C27H42N2O11S. The van der Waals surface area contributed by atoms with Crippen molar-refractivity contribution < 1.29 is 46.1 Å². The summed E-state index contributed by atoms with van der Waals surface area (Å²) < 4.78 is 46.4. The predicted octanol–water partition coefficient (Wildman–Crippen LogP) is 4.66. The molecule has 0 spiro atoms. The molecule has 0 aliphatic carbocycles. The van der Waals surface area contributed by atoms with E-state index in [4.69, 9.17) is 18.4 Å². The van der Waals surface area contributed by atoms with Gasteiger partial charge in [-0.15, -0.1) is 0 Å². The van der Waals surface area contributed by atoms with E-state index in [-0.39, 0.29) is 30.8 Å². The van der Waals surface area contributed by atoms with E-state index in [1.165, 1.54) is 12.1 Å². The summed E-state index contributed by atoms with van der Waals surface area (Å²) in [4.78, 5) is 48.5. The Kier molecular flexibility index (Phi) is 12.3. The third-order valence-electron chi connectivity index (χ3n) is 4.90. The number of nitro groups is 1. The lowest BCUT2D eigenvalue weighted by molar-refractivity contribution is -0.385. The summed E-state index contributed by atoms with van der Waals surface area (Å²) in [5.41, 5.74) is -3.02. The van der Waals surface area contributed by atoms with Crippen molar-refractivity contribution >= 4 is 33.8 Å². The van der Waals surface area contributed by atoms with Crippen molar-refractivity contribution in [1.82, 2.24) is 5.32 Å². The normalized spacial score (nSPS) is 14.0. The molecular weight excluding hydrogens is 560 g/mol. The van der Waals surface area contributed by atoms with Crippen molar-refractivity contribution in [3.05, 3.63) is 34.4 Å². The first-order chi connectivity index (χ1) is 18.5. The van der Waals surface area contributed by atoms with Crippen LogP contribution in [0, 0.1) is 16.0 Å². The lowest BCUT2D eigenvalue weighted by Gasteiger charge is -2.29. The summed E-state index contributed by atoms with van der Waals surface area (Å²) in [7, 11) is -4.32. The molecule has 41 heavy (non-hydrogen) atoms. The molecule has 2 atom stereocenters. The molecule has 1 aromatic rings. The lowest BCUT2D eigenvalue weighted by Crippen LogP contribution is -2.47. The molecule has 13 nitrogen and oxygen atoms in total. The highest BCUT2D eigenvalue weighted by Crippen LogP contribution is 2.24. The van der Waals surface area contributed by atoms with Gasteiger partial charge in [0.1, 0.15) is 27.7 Å². The predicted molar refractivity (Wildman–Crippen MR) is 148 cm³/mol. The van der Waals surface area contributed by atoms with E-state index in [1.807, 2.05) is 0 Å². The number of hydrogen-bond donors (Lipinski definition) is 1. The number of esters is 2. The lowest BCUT2D eigenvalue weighted by atomic mass is 9.94.